The fourth-order valence-electron chi connectivity index (χ4n) is 3.61. The van der Waals surface area contributed by atoms with Crippen LogP contribution in [0, 0.1) is 5.92 Å². The van der Waals surface area contributed by atoms with Gasteiger partial charge in [-0.1, -0.05) is 30.3 Å². The molecule has 1 aliphatic heterocycles. The average Bonchev–Trinajstić information content (AvgIpc) is 2.78. The number of sulfonamides is 1. The predicted molar refractivity (Wildman–Crippen MR) is 116 cm³/mol. The zero-order valence-corrected chi connectivity index (χ0v) is 18.2. The van der Waals surface area contributed by atoms with Crippen LogP contribution in [0.3, 0.4) is 0 Å². The Balaban J connectivity index is 1.61. The molecule has 0 saturated carbocycles. The van der Waals surface area contributed by atoms with Crippen LogP contribution < -0.4 is 15.8 Å². The topological polar surface area (TPSA) is 119 Å². The molecule has 0 radical (unpaired) electrons. The van der Waals surface area contributed by atoms with Crippen molar-refractivity contribution in [3.05, 3.63) is 60.2 Å². The molecule has 1 unspecified atom stereocenters. The summed E-state index contributed by atoms with van der Waals surface area (Å²) < 4.78 is 32.6. The van der Waals surface area contributed by atoms with Gasteiger partial charge >= 0.3 is 0 Å². The highest BCUT2D eigenvalue weighted by molar-refractivity contribution is 7.89. The van der Waals surface area contributed by atoms with Crippen molar-refractivity contribution in [1.29, 1.82) is 0 Å². The number of rotatable bonds is 8. The Morgan fingerprint density at radius 1 is 1.10 bits per heavy atom. The van der Waals surface area contributed by atoms with Crippen LogP contribution in [0.25, 0.3) is 0 Å². The minimum absolute atomic E-state index is 0.191. The second-order valence-electron chi connectivity index (χ2n) is 7.34. The maximum Gasteiger partial charge on any atom is 0.244 e. The summed E-state index contributed by atoms with van der Waals surface area (Å²) in [6.45, 7) is 2.80. The molecule has 0 aliphatic carbocycles. The molecule has 1 heterocycles. The van der Waals surface area contributed by atoms with E-state index in [2.05, 4.69) is 5.32 Å². The summed E-state index contributed by atoms with van der Waals surface area (Å²) in [6.07, 6.45) is 0.727. The third kappa shape index (κ3) is 5.42. The summed E-state index contributed by atoms with van der Waals surface area (Å²) in [4.78, 5) is 24.7. The molecule has 3 rings (SSSR count). The highest BCUT2D eigenvalue weighted by atomic mass is 32.2. The van der Waals surface area contributed by atoms with Gasteiger partial charge in [0.2, 0.25) is 21.8 Å². The molecule has 2 aromatic rings. The van der Waals surface area contributed by atoms with Crippen molar-refractivity contribution in [2.45, 2.75) is 30.7 Å². The van der Waals surface area contributed by atoms with E-state index in [0.29, 0.717) is 30.8 Å². The Morgan fingerprint density at radius 2 is 1.71 bits per heavy atom. The third-order valence-electron chi connectivity index (χ3n) is 5.30. The Kier molecular flexibility index (Phi) is 7.29. The molecule has 0 spiro atoms. The number of ether oxygens (including phenoxy) is 1. The van der Waals surface area contributed by atoms with E-state index in [1.807, 2.05) is 13.0 Å². The molecule has 2 amide bonds. The van der Waals surface area contributed by atoms with Crippen molar-refractivity contribution in [3.63, 3.8) is 0 Å². The molecule has 1 saturated heterocycles. The van der Waals surface area contributed by atoms with Gasteiger partial charge in [-0.25, -0.2) is 8.42 Å². The second-order valence-corrected chi connectivity index (χ2v) is 9.28. The second kappa shape index (κ2) is 9.93. The van der Waals surface area contributed by atoms with E-state index in [0.717, 1.165) is 0 Å². The molecule has 0 bridgehead atoms. The van der Waals surface area contributed by atoms with Crippen molar-refractivity contribution in [2.75, 3.05) is 19.7 Å². The van der Waals surface area contributed by atoms with Gasteiger partial charge in [-0.15, -0.1) is 0 Å². The lowest BCUT2D eigenvalue weighted by Gasteiger charge is -2.31. The summed E-state index contributed by atoms with van der Waals surface area (Å²) in [5.74, 6) is -0.725. The molecule has 166 valence electrons. The molecular formula is C22H27N3O5S. The quantitative estimate of drug-likeness (QED) is 0.643. The Morgan fingerprint density at radius 3 is 2.26 bits per heavy atom. The zero-order chi connectivity index (χ0) is 22.4. The van der Waals surface area contributed by atoms with Gasteiger partial charge < -0.3 is 15.8 Å². The molecule has 1 fully saturated rings. The summed E-state index contributed by atoms with van der Waals surface area (Å²) in [7, 11) is -3.65. The molecule has 8 nitrogen and oxygen atoms in total. The van der Waals surface area contributed by atoms with Crippen LogP contribution in [-0.2, 0) is 19.6 Å². The van der Waals surface area contributed by atoms with Gasteiger partial charge in [-0.3, -0.25) is 9.59 Å². The number of piperidine rings is 1. The van der Waals surface area contributed by atoms with E-state index in [1.54, 1.807) is 36.4 Å². The van der Waals surface area contributed by atoms with Crippen molar-refractivity contribution in [2.24, 2.45) is 11.7 Å². The van der Waals surface area contributed by atoms with E-state index >= 15 is 0 Å². The first-order valence-electron chi connectivity index (χ1n) is 10.2. The van der Waals surface area contributed by atoms with Gasteiger partial charge in [0, 0.05) is 19.0 Å². The Hall–Kier alpha value is -2.91. The number of primary amides is 1. The highest BCUT2D eigenvalue weighted by Gasteiger charge is 2.33. The average molecular weight is 446 g/mol. The van der Waals surface area contributed by atoms with E-state index in [9.17, 15) is 18.0 Å². The monoisotopic (exact) mass is 445 g/mol. The number of hydrogen-bond acceptors (Lipinski definition) is 5. The van der Waals surface area contributed by atoms with Crippen molar-refractivity contribution in [3.8, 4) is 5.75 Å². The van der Waals surface area contributed by atoms with E-state index in [4.69, 9.17) is 10.5 Å². The van der Waals surface area contributed by atoms with Crippen molar-refractivity contribution in [1.82, 2.24) is 9.62 Å². The molecule has 1 aliphatic rings. The minimum atomic E-state index is -3.65. The maximum atomic E-state index is 12.9. The molecular weight excluding hydrogens is 418 g/mol. The van der Waals surface area contributed by atoms with Gasteiger partial charge in [-0.2, -0.15) is 4.31 Å². The molecule has 2 aromatic carbocycles. The number of nitrogens with zero attached hydrogens (tertiary/aromatic N) is 1. The maximum absolute atomic E-state index is 12.9. The molecule has 3 N–H and O–H groups in total. The summed E-state index contributed by atoms with van der Waals surface area (Å²) in [5.41, 5.74) is 6.08. The smallest absolute Gasteiger partial charge is 0.244 e. The first-order valence-corrected chi connectivity index (χ1v) is 11.6. The van der Waals surface area contributed by atoms with Crippen LogP contribution in [0.1, 0.15) is 31.4 Å². The number of carbonyl (C=O) groups is 2. The summed E-state index contributed by atoms with van der Waals surface area (Å²) in [6, 6.07) is 14.2. The standard InChI is InChI=1S/C22H27N3O5S/c1-2-30-18-8-10-19(11-9-18)31(28,29)25-14-12-17(13-15-25)22(27)24-20(21(23)26)16-6-4-3-5-7-16/h3-11,17,20H,2,12-15H2,1H3,(H2,23,26)(H,24,27). The third-order valence-corrected chi connectivity index (χ3v) is 7.21. The van der Waals surface area contributed by atoms with Gasteiger partial charge in [0.05, 0.1) is 11.5 Å². The molecule has 9 heteroatoms. The fraction of sp³-hybridized carbons (Fsp3) is 0.364. The van der Waals surface area contributed by atoms with Crippen molar-refractivity contribution >= 4 is 21.8 Å². The van der Waals surface area contributed by atoms with Gasteiger partial charge in [0.25, 0.3) is 0 Å². The van der Waals surface area contributed by atoms with Crippen LogP contribution >= 0.6 is 0 Å². The van der Waals surface area contributed by atoms with Crippen molar-refractivity contribution < 1.29 is 22.7 Å². The Bertz CT molecular complexity index is 1000. The zero-order valence-electron chi connectivity index (χ0n) is 17.4. The first kappa shape index (κ1) is 22.8. The largest absolute Gasteiger partial charge is 0.494 e. The highest BCUT2D eigenvalue weighted by Crippen LogP contribution is 2.26. The normalized spacial score (nSPS) is 16.4. The van der Waals surface area contributed by atoms with Crippen LogP contribution in [0.15, 0.2) is 59.5 Å². The van der Waals surface area contributed by atoms with E-state index in [-0.39, 0.29) is 23.9 Å². The molecule has 0 aromatic heterocycles. The lowest BCUT2D eigenvalue weighted by atomic mass is 9.96. The Labute approximate surface area is 182 Å². The van der Waals surface area contributed by atoms with Crippen LogP contribution in [0.5, 0.6) is 5.75 Å². The van der Waals surface area contributed by atoms with Gasteiger partial charge in [0.15, 0.2) is 0 Å². The van der Waals surface area contributed by atoms with Crippen LogP contribution in [0.4, 0.5) is 0 Å². The lowest BCUT2D eigenvalue weighted by Crippen LogP contribution is -2.45. The molecule has 1 atom stereocenters. The van der Waals surface area contributed by atoms with Crippen LogP contribution in [0.2, 0.25) is 0 Å². The first-order chi connectivity index (χ1) is 14.8. The fourth-order valence-corrected chi connectivity index (χ4v) is 5.08. The predicted octanol–water partition coefficient (Wildman–Crippen LogP) is 1.83. The number of carbonyl (C=O) groups excluding carboxylic acids is 2. The SMILES string of the molecule is CCOc1ccc(S(=O)(=O)N2CCC(C(=O)NC(C(N)=O)c3ccccc3)CC2)cc1. The minimum Gasteiger partial charge on any atom is -0.494 e. The number of nitrogens with two attached hydrogens (primary N) is 1. The van der Waals surface area contributed by atoms with Gasteiger partial charge in [0.1, 0.15) is 11.8 Å². The number of hydrogen-bond donors (Lipinski definition) is 2. The molecule has 31 heavy (non-hydrogen) atoms. The van der Waals surface area contributed by atoms with Crippen LogP contribution in [-0.4, -0.2) is 44.2 Å². The summed E-state index contributed by atoms with van der Waals surface area (Å²) in [5, 5.41) is 2.71. The number of benzene rings is 2. The summed E-state index contributed by atoms with van der Waals surface area (Å²) >= 11 is 0. The number of amides is 2. The lowest BCUT2D eigenvalue weighted by molar-refractivity contribution is -0.130. The number of nitrogens with one attached hydrogen (secondary N) is 1. The van der Waals surface area contributed by atoms with E-state index in [1.165, 1.54) is 16.4 Å². The van der Waals surface area contributed by atoms with Gasteiger partial charge in [-0.05, 0) is 49.6 Å². The van der Waals surface area contributed by atoms with E-state index < -0.39 is 27.9 Å².